The molecule has 0 radical (unpaired) electrons. The second-order valence-corrected chi connectivity index (χ2v) is 16.1. The van der Waals surface area contributed by atoms with Crippen LogP contribution in [-0.2, 0) is 42.7 Å². The number of hydrogen-bond acceptors (Lipinski definition) is 13. The molecule has 0 saturated carbocycles. The molecule has 0 aromatic rings. The van der Waals surface area contributed by atoms with Gasteiger partial charge < -0.3 is 53.4 Å². The predicted octanol–water partition coefficient (Wildman–Crippen LogP) is 3.10. The van der Waals surface area contributed by atoms with Crippen LogP contribution in [0, 0.1) is 17.8 Å². The van der Waals surface area contributed by atoms with E-state index in [-0.39, 0.29) is 30.8 Å². The summed E-state index contributed by atoms with van der Waals surface area (Å²) in [5.74, 6) is -2.61. The highest BCUT2D eigenvalue weighted by molar-refractivity contribution is 6.04. The number of ether oxygens (including phenoxy) is 7. The van der Waals surface area contributed by atoms with Crippen molar-refractivity contribution in [2.24, 2.45) is 17.8 Å². The van der Waals surface area contributed by atoms with E-state index in [0.29, 0.717) is 24.2 Å². The molecule has 3 saturated heterocycles. The number of cyclic esters (lactones) is 1. The first-order chi connectivity index (χ1) is 23.1. The van der Waals surface area contributed by atoms with Crippen molar-refractivity contribution in [3.05, 3.63) is 11.3 Å². The number of ketones is 1. The molecule has 13 heteroatoms. The molecule has 4 aliphatic rings. The van der Waals surface area contributed by atoms with E-state index in [2.05, 4.69) is 0 Å². The van der Waals surface area contributed by atoms with Gasteiger partial charge in [-0.25, -0.2) is 0 Å². The van der Waals surface area contributed by atoms with Gasteiger partial charge in [0.15, 0.2) is 12.6 Å². The Morgan fingerprint density at radius 3 is 2.20 bits per heavy atom. The average Bonchev–Trinajstić information content (AvgIpc) is 3.28. The Bertz CT molecular complexity index is 1260. The second kappa shape index (κ2) is 15.4. The largest absolute Gasteiger partial charge is 0.479 e. The zero-order valence-electron chi connectivity index (χ0n) is 32.3. The van der Waals surface area contributed by atoms with Crippen LogP contribution in [-0.4, -0.2) is 131 Å². The van der Waals surface area contributed by atoms with Crippen LogP contribution in [0.4, 0.5) is 0 Å². The van der Waals surface area contributed by atoms with Crippen molar-refractivity contribution in [3.8, 4) is 0 Å². The van der Waals surface area contributed by atoms with Crippen molar-refractivity contribution in [1.29, 1.82) is 0 Å². The summed E-state index contributed by atoms with van der Waals surface area (Å²) < 4.78 is 43.9. The maximum Gasteiger partial charge on any atom is 0.311 e. The first-order valence-corrected chi connectivity index (χ1v) is 18.2. The van der Waals surface area contributed by atoms with E-state index in [1.54, 1.807) is 41.5 Å². The molecule has 16 atom stereocenters. The number of aliphatic hydroxyl groups is 3. The highest BCUT2D eigenvalue weighted by Crippen LogP contribution is 2.44. The van der Waals surface area contributed by atoms with Crippen LogP contribution in [0.5, 0.6) is 0 Å². The molecule has 0 aliphatic carbocycles. The van der Waals surface area contributed by atoms with Crippen LogP contribution >= 0.6 is 0 Å². The topological polar surface area (TPSA) is 163 Å². The summed E-state index contributed by atoms with van der Waals surface area (Å²) in [5.41, 5.74) is -3.67. The van der Waals surface area contributed by atoms with Crippen molar-refractivity contribution < 1.29 is 58.1 Å². The van der Waals surface area contributed by atoms with Crippen LogP contribution in [0.1, 0.15) is 94.9 Å². The lowest BCUT2D eigenvalue weighted by molar-refractivity contribution is -0.317. The number of rotatable bonds is 7. The minimum Gasteiger partial charge on any atom is -0.479 e. The summed E-state index contributed by atoms with van der Waals surface area (Å²) in [6.45, 7) is 17.6. The van der Waals surface area contributed by atoms with Gasteiger partial charge in [0.25, 0.3) is 0 Å². The average molecular weight is 714 g/mol. The Labute approximate surface area is 297 Å². The van der Waals surface area contributed by atoms with E-state index in [4.69, 9.17) is 33.2 Å². The monoisotopic (exact) mass is 713 g/mol. The number of likely N-dealkylation sites (N-methyl/N-ethyl adjacent to an activating group) is 1. The molecular weight excluding hydrogens is 650 g/mol. The summed E-state index contributed by atoms with van der Waals surface area (Å²) >= 11 is 0. The standard InChI is InChI=1S/C37H63NO12/c1-14-25-37(10)30(40)20(4)28(50-37)18(2)16-35(8,43)32(49-34-27(39)24(38(11)12)15-19(3)45-34)21(5)29(22(6)33(42)47-25)48-26-17-36(9,44-13)31(41)23(7)46-26/h18-19,21-27,29,31-32,34,39,41,43H,14-17H2,1-13H3/t18?,19?,21?,22?,23?,24?,25?,26?,27?,29?,31?,32?,34?,35-,36-,37+/m1/s1. The zero-order chi connectivity index (χ0) is 37.7. The molecule has 0 aromatic heterocycles. The Morgan fingerprint density at radius 2 is 1.62 bits per heavy atom. The third kappa shape index (κ3) is 7.82. The van der Waals surface area contributed by atoms with E-state index in [9.17, 15) is 24.9 Å². The summed E-state index contributed by atoms with van der Waals surface area (Å²) in [6, 6.07) is -0.275. The number of nitrogens with zero attached hydrogens (tertiary/aromatic N) is 1. The summed E-state index contributed by atoms with van der Waals surface area (Å²) in [5, 5.41) is 34.9. The van der Waals surface area contributed by atoms with Crippen LogP contribution in [0.3, 0.4) is 0 Å². The third-order valence-electron chi connectivity index (χ3n) is 11.7. The molecular formula is C37H63NO12. The van der Waals surface area contributed by atoms with Gasteiger partial charge in [-0.2, -0.15) is 0 Å². The van der Waals surface area contributed by atoms with Crippen molar-refractivity contribution in [3.63, 3.8) is 0 Å². The number of fused-ring (bicyclic) bond motifs is 2. The van der Waals surface area contributed by atoms with Crippen molar-refractivity contribution in [2.45, 2.75) is 173 Å². The number of Topliss-reactive ketones (excluding diaryl/α,β-unsaturated/α-hetero) is 1. The minimum absolute atomic E-state index is 0.102. The molecule has 4 rings (SSSR count). The second-order valence-electron chi connectivity index (χ2n) is 16.1. The number of aliphatic hydroxyl groups excluding tert-OH is 2. The van der Waals surface area contributed by atoms with Gasteiger partial charge in [0.1, 0.15) is 24.1 Å². The highest BCUT2D eigenvalue weighted by Gasteiger charge is 2.56. The fourth-order valence-electron chi connectivity index (χ4n) is 8.59. The molecule has 0 aromatic carbocycles. The van der Waals surface area contributed by atoms with Crippen molar-refractivity contribution >= 4 is 11.8 Å². The Hall–Kier alpha value is -1.68. The van der Waals surface area contributed by atoms with Gasteiger partial charge in [0.05, 0.1) is 41.5 Å². The number of carbonyl (C=O) groups is 2. The quantitative estimate of drug-likeness (QED) is 0.331. The van der Waals surface area contributed by atoms with Gasteiger partial charge in [-0.15, -0.1) is 0 Å². The van der Waals surface area contributed by atoms with Gasteiger partial charge in [0.2, 0.25) is 11.4 Å². The zero-order valence-corrected chi connectivity index (χ0v) is 32.3. The van der Waals surface area contributed by atoms with E-state index in [1.807, 2.05) is 46.7 Å². The molecule has 50 heavy (non-hydrogen) atoms. The molecule has 3 fully saturated rings. The molecule has 3 N–H and O–H groups in total. The molecule has 0 spiro atoms. The van der Waals surface area contributed by atoms with Gasteiger partial charge in [-0.1, -0.05) is 20.8 Å². The van der Waals surface area contributed by atoms with E-state index >= 15 is 0 Å². The fraction of sp³-hybridized carbons (Fsp3) is 0.892. The van der Waals surface area contributed by atoms with Gasteiger partial charge in [-0.05, 0) is 81.8 Å². The third-order valence-corrected chi connectivity index (χ3v) is 11.7. The van der Waals surface area contributed by atoms with E-state index < -0.39 is 89.7 Å². The molecule has 13 nitrogen and oxygen atoms in total. The Kier molecular flexibility index (Phi) is 12.6. The number of allylic oxidation sites excluding steroid dienone is 1. The molecule has 288 valence electrons. The summed E-state index contributed by atoms with van der Waals surface area (Å²) in [4.78, 5) is 29.8. The lowest BCUT2D eigenvalue weighted by atomic mass is 9.77. The minimum atomic E-state index is -1.63. The first kappa shape index (κ1) is 41.1. The van der Waals surface area contributed by atoms with Crippen molar-refractivity contribution in [1.82, 2.24) is 4.90 Å². The first-order valence-electron chi connectivity index (χ1n) is 18.2. The summed E-state index contributed by atoms with van der Waals surface area (Å²) in [7, 11) is 5.27. The molecule has 4 aliphatic heterocycles. The molecule has 2 bridgehead atoms. The molecule has 4 heterocycles. The van der Waals surface area contributed by atoms with Crippen LogP contribution < -0.4 is 0 Å². The number of methoxy groups -OCH3 is 1. The Balaban J connectivity index is 1.83. The van der Waals surface area contributed by atoms with Crippen molar-refractivity contribution in [2.75, 3.05) is 21.2 Å². The lowest BCUT2D eigenvalue weighted by Gasteiger charge is -2.48. The van der Waals surface area contributed by atoms with Crippen LogP contribution in [0.2, 0.25) is 0 Å². The van der Waals surface area contributed by atoms with Crippen LogP contribution in [0.25, 0.3) is 0 Å². The number of esters is 1. The lowest BCUT2D eigenvalue weighted by Crippen LogP contribution is -2.60. The van der Waals surface area contributed by atoms with Gasteiger partial charge in [0, 0.05) is 37.0 Å². The molecule has 13 unspecified atom stereocenters. The maximum absolute atomic E-state index is 14.2. The maximum atomic E-state index is 14.2. The van der Waals surface area contributed by atoms with E-state index in [1.165, 1.54) is 7.11 Å². The summed E-state index contributed by atoms with van der Waals surface area (Å²) in [6.07, 6.45) is -6.74. The van der Waals surface area contributed by atoms with E-state index in [0.717, 1.165) is 0 Å². The van der Waals surface area contributed by atoms with Crippen LogP contribution in [0.15, 0.2) is 11.3 Å². The number of carbonyl (C=O) groups excluding carboxylic acids is 2. The van der Waals surface area contributed by atoms with Gasteiger partial charge >= 0.3 is 5.97 Å². The smallest absolute Gasteiger partial charge is 0.311 e. The SMILES string of the molecule is CCC1OC(=O)C(C)C(OC2C[C@@](C)(OC)C(O)C(C)O2)C(C)C(OC2OC(C)CC(N(C)C)C2O)[C@](C)(O)CC(C)C2=C(C)C(=O)[C@@]1(C)O2. The Morgan fingerprint density at radius 1 is 0.980 bits per heavy atom. The van der Waals surface area contributed by atoms with Gasteiger partial charge in [-0.3, -0.25) is 9.59 Å². The predicted molar refractivity (Wildman–Crippen MR) is 183 cm³/mol. The normalized spacial score (nSPS) is 48.1. The fourth-order valence-corrected chi connectivity index (χ4v) is 8.59. The molecule has 0 amide bonds. The highest BCUT2D eigenvalue weighted by atomic mass is 16.7. The number of hydrogen-bond donors (Lipinski definition) is 3.